The summed E-state index contributed by atoms with van der Waals surface area (Å²) in [7, 11) is -4.16. The average molecular weight is 291 g/mol. The molecular formula is C11H14FNO5S. The van der Waals surface area contributed by atoms with E-state index in [9.17, 15) is 17.6 Å². The summed E-state index contributed by atoms with van der Waals surface area (Å²) in [5.41, 5.74) is -0.319. The highest BCUT2D eigenvalue weighted by molar-refractivity contribution is 7.89. The van der Waals surface area contributed by atoms with Crippen molar-refractivity contribution in [3.05, 3.63) is 29.6 Å². The molecule has 1 aromatic rings. The second-order valence-corrected chi connectivity index (χ2v) is 5.58. The molecular weight excluding hydrogens is 277 g/mol. The summed E-state index contributed by atoms with van der Waals surface area (Å²) in [6.07, 6.45) is 0. The predicted molar refractivity (Wildman–Crippen MR) is 64.9 cm³/mol. The van der Waals surface area contributed by atoms with Gasteiger partial charge in [0, 0.05) is 13.1 Å². The van der Waals surface area contributed by atoms with Crippen LogP contribution in [0.3, 0.4) is 0 Å². The molecule has 0 aliphatic heterocycles. The number of rotatable bonds is 6. The van der Waals surface area contributed by atoms with Crippen LogP contribution < -0.4 is 0 Å². The Labute approximate surface area is 110 Å². The molecule has 0 aromatic heterocycles. The number of carboxylic acids is 1. The van der Waals surface area contributed by atoms with Gasteiger partial charge in [0.05, 0.1) is 12.2 Å². The van der Waals surface area contributed by atoms with Crippen LogP contribution in [0.4, 0.5) is 4.39 Å². The average Bonchev–Trinajstić information content (AvgIpc) is 2.35. The molecule has 1 aromatic carbocycles. The monoisotopic (exact) mass is 291 g/mol. The van der Waals surface area contributed by atoms with Crippen LogP contribution in [0, 0.1) is 5.82 Å². The molecule has 0 saturated carbocycles. The molecule has 0 spiro atoms. The SMILES string of the molecule is CCN(CCO)S(=O)(=O)c1cc(C(=O)O)ccc1F. The number of aliphatic hydroxyl groups is 1. The van der Waals surface area contributed by atoms with E-state index >= 15 is 0 Å². The molecule has 19 heavy (non-hydrogen) atoms. The summed E-state index contributed by atoms with van der Waals surface area (Å²) in [4.78, 5) is 10.1. The molecule has 0 heterocycles. The molecule has 0 radical (unpaired) electrons. The normalized spacial score (nSPS) is 11.8. The summed E-state index contributed by atoms with van der Waals surface area (Å²) in [6.45, 7) is 0.981. The largest absolute Gasteiger partial charge is 0.478 e. The van der Waals surface area contributed by atoms with Crippen molar-refractivity contribution in [3.63, 3.8) is 0 Å². The van der Waals surface area contributed by atoms with Crippen LogP contribution in [0.25, 0.3) is 0 Å². The van der Waals surface area contributed by atoms with Gasteiger partial charge >= 0.3 is 5.97 Å². The Kier molecular flexibility index (Phi) is 4.98. The number of benzene rings is 1. The van der Waals surface area contributed by atoms with E-state index in [1.165, 1.54) is 6.92 Å². The van der Waals surface area contributed by atoms with Gasteiger partial charge in [-0.15, -0.1) is 0 Å². The molecule has 0 fully saturated rings. The van der Waals surface area contributed by atoms with Gasteiger partial charge in [-0.2, -0.15) is 4.31 Å². The number of hydrogen-bond donors (Lipinski definition) is 2. The fourth-order valence-electron chi connectivity index (χ4n) is 1.53. The Bertz CT molecular complexity index is 572. The molecule has 0 aliphatic carbocycles. The number of halogens is 1. The van der Waals surface area contributed by atoms with E-state index in [1.807, 2.05) is 0 Å². The molecule has 0 unspecified atom stereocenters. The highest BCUT2D eigenvalue weighted by Gasteiger charge is 2.27. The first-order chi connectivity index (χ1) is 8.84. The molecule has 6 nitrogen and oxygen atoms in total. The lowest BCUT2D eigenvalue weighted by atomic mass is 10.2. The number of carbonyl (C=O) groups is 1. The van der Waals surface area contributed by atoms with Crippen LogP contribution in [-0.2, 0) is 10.0 Å². The standard InChI is InChI=1S/C11H14FNO5S/c1-2-13(5-6-14)19(17,18)10-7-8(11(15)16)3-4-9(10)12/h3-4,7,14H,2,5-6H2,1H3,(H,15,16). The van der Waals surface area contributed by atoms with Crippen molar-refractivity contribution in [1.82, 2.24) is 4.31 Å². The number of sulfonamides is 1. The molecule has 0 saturated heterocycles. The van der Waals surface area contributed by atoms with Crippen LogP contribution in [-0.4, -0.2) is 48.6 Å². The smallest absolute Gasteiger partial charge is 0.335 e. The van der Waals surface area contributed by atoms with Gasteiger partial charge in [0.2, 0.25) is 10.0 Å². The van der Waals surface area contributed by atoms with Crippen LogP contribution >= 0.6 is 0 Å². The predicted octanol–water partition coefficient (Wildman–Crippen LogP) is 0.527. The summed E-state index contributed by atoms with van der Waals surface area (Å²) >= 11 is 0. The third-order valence-electron chi connectivity index (χ3n) is 2.50. The van der Waals surface area contributed by atoms with Crippen molar-refractivity contribution in [2.24, 2.45) is 0 Å². The Hall–Kier alpha value is -1.51. The van der Waals surface area contributed by atoms with Crippen molar-refractivity contribution < 1.29 is 27.8 Å². The molecule has 0 atom stereocenters. The van der Waals surface area contributed by atoms with Gasteiger partial charge in [0.25, 0.3) is 0 Å². The first-order valence-corrected chi connectivity index (χ1v) is 6.92. The van der Waals surface area contributed by atoms with Crippen LogP contribution in [0.15, 0.2) is 23.1 Å². The first-order valence-electron chi connectivity index (χ1n) is 5.48. The van der Waals surface area contributed by atoms with E-state index in [1.54, 1.807) is 0 Å². The Morgan fingerprint density at radius 1 is 1.42 bits per heavy atom. The fourth-order valence-corrected chi connectivity index (χ4v) is 3.06. The van der Waals surface area contributed by atoms with Crippen molar-refractivity contribution >= 4 is 16.0 Å². The zero-order valence-corrected chi connectivity index (χ0v) is 11.0. The zero-order valence-electron chi connectivity index (χ0n) is 10.2. The lowest BCUT2D eigenvalue weighted by Crippen LogP contribution is -2.34. The fraction of sp³-hybridized carbons (Fsp3) is 0.364. The van der Waals surface area contributed by atoms with Gasteiger partial charge in [0.1, 0.15) is 10.7 Å². The number of aromatic carboxylic acids is 1. The molecule has 1 rings (SSSR count). The van der Waals surface area contributed by atoms with Crippen LogP contribution in [0.2, 0.25) is 0 Å². The lowest BCUT2D eigenvalue weighted by Gasteiger charge is -2.19. The molecule has 0 bridgehead atoms. The second kappa shape index (κ2) is 6.09. The van der Waals surface area contributed by atoms with Crippen molar-refractivity contribution in [2.45, 2.75) is 11.8 Å². The number of carboxylic acid groups (broad SMARTS) is 1. The van der Waals surface area contributed by atoms with Gasteiger partial charge in [-0.05, 0) is 18.2 Å². The summed E-state index contributed by atoms with van der Waals surface area (Å²) in [5.74, 6) is -2.37. The lowest BCUT2D eigenvalue weighted by molar-refractivity contribution is 0.0696. The maximum atomic E-state index is 13.6. The highest BCUT2D eigenvalue weighted by atomic mass is 32.2. The number of likely N-dealkylation sites (N-methyl/N-ethyl adjacent to an activating group) is 1. The summed E-state index contributed by atoms with van der Waals surface area (Å²) in [6, 6.07) is 2.55. The molecule has 8 heteroatoms. The van der Waals surface area contributed by atoms with Gasteiger partial charge in [0.15, 0.2) is 0 Å². The van der Waals surface area contributed by atoms with Gasteiger partial charge in [-0.3, -0.25) is 0 Å². The van der Waals surface area contributed by atoms with Gasteiger partial charge < -0.3 is 10.2 Å². The van der Waals surface area contributed by atoms with E-state index in [0.717, 1.165) is 22.5 Å². The van der Waals surface area contributed by atoms with Gasteiger partial charge in [-0.25, -0.2) is 17.6 Å². The first kappa shape index (κ1) is 15.5. The number of aliphatic hydroxyl groups excluding tert-OH is 1. The minimum absolute atomic E-state index is 0.0413. The second-order valence-electron chi connectivity index (χ2n) is 3.67. The molecule has 106 valence electrons. The van der Waals surface area contributed by atoms with Crippen LogP contribution in [0.5, 0.6) is 0 Å². The van der Waals surface area contributed by atoms with E-state index in [-0.39, 0.29) is 18.7 Å². The quantitative estimate of drug-likeness (QED) is 0.797. The maximum absolute atomic E-state index is 13.6. The van der Waals surface area contributed by atoms with Crippen molar-refractivity contribution in [3.8, 4) is 0 Å². The summed E-state index contributed by atoms with van der Waals surface area (Å²) < 4.78 is 38.7. The number of nitrogens with zero attached hydrogens (tertiary/aromatic N) is 1. The third-order valence-corrected chi connectivity index (χ3v) is 4.49. The maximum Gasteiger partial charge on any atom is 0.335 e. The molecule has 0 amide bonds. The van der Waals surface area contributed by atoms with E-state index in [2.05, 4.69) is 0 Å². The zero-order chi connectivity index (χ0) is 14.6. The third kappa shape index (κ3) is 3.28. The topological polar surface area (TPSA) is 94.9 Å². The van der Waals surface area contributed by atoms with Gasteiger partial charge in [-0.1, -0.05) is 6.92 Å². The van der Waals surface area contributed by atoms with Crippen molar-refractivity contribution in [2.75, 3.05) is 19.7 Å². The Morgan fingerprint density at radius 2 is 2.05 bits per heavy atom. The minimum atomic E-state index is -4.16. The minimum Gasteiger partial charge on any atom is -0.478 e. The van der Waals surface area contributed by atoms with Crippen LogP contribution in [0.1, 0.15) is 17.3 Å². The highest BCUT2D eigenvalue weighted by Crippen LogP contribution is 2.20. The van der Waals surface area contributed by atoms with E-state index in [0.29, 0.717) is 0 Å². The molecule has 2 N–H and O–H groups in total. The van der Waals surface area contributed by atoms with E-state index < -0.39 is 33.3 Å². The molecule has 0 aliphatic rings. The Balaban J connectivity index is 3.34. The summed E-state index contributed by atoms with van der Waals surface area (Å²) in [5, 5.41) is 17.6. The number of hydrogen-bond acceptors (Lipinski definition) is 4. The van der Waals surface area contributed by atoms with Crippen molar-refractivity contribution in [1.29, 1.82) is 0 Å². The Morgan fingerprint density at radius 3 is 2.53 bits per heavy atom. The van der Waals surface area contributed by atoms with E-state index in [4.69, 9.17) is 10.2 Å².